The molecule has 2 amide bonds. The molecule has 0 saturated heterocycles. The summed E-state index contributed by atoms with van der Waals surface area (Å²) in [6, 6.07) is 15.5. The predicted molar refractivity (Wildman–Crippen MR) is 95.1 cm³/mol. The summed E-state index contributed by atoms with van der Waals surface area (Å²) >= 11 is 0. The van der Waals surface area contributed by atoms with Crippen molar-refractivity contribution >= 4 is 11.8 Å². The fourth-order valence-corrected chi connectivity index (χ4v) is 2.50. The average Bonchev–Trinajstić information content (AvgIpc) is 2.60. The summed E-state index contributed by atoms with van der Waals surface area (Å²) in [5.74, 6) is -0.449. The Morgan fingerprint density at radius 1 is 0.958 bits per heavy atom. The van der Waals surface area contributed by atoms with Gasteiger partial charge in [0, 0.05) is 13.5 Å². The third-order valence-corrected chi connectivity index (χ3v) is 3.94. The number of aryl methyl sites for hydroxylation is 1. The Morgan fingerprint density at radius 3 is 1.92 bits per heavy atom. The number of carbonyl (C=O) groups is 2. The zero-order valence-corrected chi connectivity index (χ0v) is 13.8. The maximum Gasteiger partial charge on any atom is 0.237 e. The number of nitrogens with two attached hydrogens (primary N) is 2. The van der Waals surface area contributed by atoms with E-state index in [4.69, 9.17) is 11.5 Å². The summed E-state index contributed by atoms with van der Waals surface area (Å²) in [5.41, 5.74) is 15.3. The van der Waals surface area contributed by atoms with Gasteiger partial charge in [-0.15, -0.1) is 0 Å². The Labute approximate surface area is 142 Å². The third kappa shape index (κ3) is 4.93. The minimum atomic E-state index is -0.537. The van der Waals surface area contributed by atoms with Crippen molar-refractivity contribution in [3.63, 3.8) is 0 Å². The van der Waals surface area contributed by atoms with Gasteiger partial charge in [0.1, 0.15) is 0 Å². The molecule has 0 aliphatic carbocycles. The number of amides is 2. The van der Waals surface area contributed by atoms with Gasteiger partial charge in [0.15, 0.2) is 0 Å². The minimum Gasteiger partial charge on any atom is -0.370 e. The molecule has 0 fully saturated rings. The van der Waals surface area contributed by atoms with Crippen LogP contribution in [0.1, 0.15) is 17.5 Å². The van der Waals surface area contributed by atoms with Gasteiger partial charge in [-0.25, -0.2) is 0 Å². The topological polar surface area (TPSA) is 98.2 Å². The lowest BCUT2D eigenvalue weighted by Gasteiger charge is -2.10. The number of rotatable bonds is 7. The molecule has 5 N–H and O–H groups in total. The Bertz CT molecular complexity index is 694. The molecule has 2 aromatic carbocycles. The quantitative estimate of drug-likeness (QED) is 0.717. The molecule has 0 aliphatic heterocycles. The van der Waals surface area contributed by atoms with Crippen LogP contribution in [0.15, 0.2) is 48.5 Å². The number of hydrogen-bond donors (Lipinski definition) is 3. The van der Waals surface area contributed by atoms with Gasteiger partial charge >= 0.3 is 0 Å². The van der Waals surface area contributed by atoms with Crippen LogP contribution in [0.3, 0.4) is 0 Å². The van der Waals surface area contributed by atoms with E-state index >= 15 is 0 Å². The molecule has 0 bridgehead atoms. The fraction of sp³-hybridized carbons (Fsp3) is 0.263. The molecule has 2 rings (SSSR count). The van der Waals surface area contributed by atoms with Gasteiger partial charge < -0.3 is 16.8 Å². The van der Waals surface area contributed by atoms with Crippen molar-refractivity contribution in [3.05, 3.63) is 59.7 Å². The summed E-state index contributed by atoms with van der Waals surface area (Å²) in [6.07, 6.45) is 1.53. The second-order valence-electron chi connectivity index (χ2n) is 5.79. The van der Waals surface area contributed by atoms with E-state index in [1.54, 1.807) is 7.05 Å². The minimum absolute atomic E-state index is 0.161. The van der Waals surface area contributed by atoms with Gasteiger partial charge in [-0.2, -0.15) is 0 Å². The van der Waals surface area contributed by atoms with Crippen molar-refractivity contribution in [1.29, 1.82) is 0 Å². The van der Waals surface area contributed by atoms with Crippen molar-refractivity contribution in [1.82, 2.24) is 5.32 Å². The average molecular weight is 325 g/mol. The molecule has 0 saturated carbocycles. The molecule has 24 heavy (non-hydrogen) atoms. The van der Waals surface area contributed by atoms with E-state index in [-0.39, 0.29) is 11.8 Å². The largest absolute Gasteiger partial charge is 0.370 e. The number of carbonyl (C=O) groups excluding carboxylic acids is 2. The zero-order valence-electron chi connectivity index (χ0n) is 13.8. The van der Waals surface area contributed by atoms with Crippen LogP contribution in [0.4, 0.5) is 0 Å². The van der Waals surface area contributed by atoms with Gasteiger partial charge in [-0.3, -0.25) is 9.59 Å². The summed E-state index contributed by atoms with van der Waals surface area (Å²) in [6.45, 7) is 0. The highest BCUT2D eigenvalue weighted by Crippen LogP contribution is 2.21. The van der Waals surface area contributed by atoms with Crippen LogP contribution in [0.2, 0.25) is 0 Å². The zero-order chi connectivity index (χ0) is 17.5. The first kappa shape index (κ1) is 17.7. The summed E-state index contributed by atoms with van der Waals surface area (Å²) in [7, 11) is 1.58. The van der Waals surface area contributed by atoms with E-state index in [2.05, 4.69) is 5.32 Å². The normalized spacial score (nSPS) is 11.8. The number of nitrogens with one attached hydrogen (secondary N) is 1. The number of likely N-dealkylation sites (N-methyl/N-ethyl adjacent to an activating group) is 1. The third-order valence-electron chi connectivity index (χ3n) is 3.94. The van der Waals surface area contributed by atoms with Gasteiger partial charge in [-0.1, -0.05) is 48.5 Å². The SMILES string of the molecule is CNC(=O)[C@@H](N)Cc1ccc(-c2ccc(CCC(N)=O)cc2)cc1. The number of primary amides is 1. The van der Waals surface area contributed by atoms with Gasteiger partial charge in [0.05, 0.1) is 6.04 Å². The highest BCUT2D eigenvalue weighted by atomic mass is 16.2. The Morgan fingerprint density at radius 2 is 1.46 bits per heavy atom. The van der Waals surface area contributed by atoms with Crippen LogP contribution >= 0.6 is 0 Å². The Hall–Kier alpha value is -2.66. The first-order valence-corrected chi connectivity index (χ1v) is 7.93. The van der Waals surface area contributed by atoms with Gasteiger partial charge in [0.2, 0.25) is 11.8 Å². The van der Waals surface area contributed by atoms with Crippen LogP contribution < -0.4 is 16.8 Å². The maximum atomic E-state index is 11.5. The molecule has 126 valence electrons. The van der Waals surface area contributed by atoms with Crippen molar-refractivity contribution in [2.45, 2.75) is 25.3 Å². The molecule has 5 heteroatoms. The lowest BCUT2D eigenvalue weighted by Crippen LogP contribution is -2.40. The van der Waals surface area contributed by atoms with Crippen LogP contribution in [0.25, 0.3) is 11.1 Å². The highest BCUT2D eigenvalue weighted by molar-refractivity contribution is 5.81. The lowest BCUT2D eigenvalue weighted by atomic mass is 9.99. The molecule has 0 heterocycles. The number of benzene rings is 2. The van der Waals surface area contributed by atoms with E-state index in [0.717, 1.165) is 22.3 Å². The Balaban J connectivity index is 2.02. The molecule has 0 radical (unpaired) electrons. The van der Waals surface area contributed by atoms with Crippen molar-refractivity contribution in [2.24, 2.45) is 11.5 Å². The first-order valence-electron chi connectivity index (χ1n) is 7.93. The molecule has 0 spiro atoms. The molecule has 0 aliphatic rings. The van der Waals surface area contributed by atoms with Crippen molar-refractivity contribution in [3.8, 4) is 11.1 Å². The first-order chi connectivity index (χ1) is 11.5. The molecule has 1 atom stereocenters. The molecule has 0 unspecified atom stereocenters. The van der Waals surface area contributed by atoms with E-state index in [1.165, 1.54) is 0 Å². The van der Waals surface area contributed by atoms with Crippen molar-refractivity contribution in [2.75, 3.05) is 7.05 Å². The molecule has 0 aromatic heterocycles. The Kier molecular flexibility index (Phi) is 6.09. The van der Waals surface area contributed by atoms with Crippen LogP contribution in [-0.2, 0) is 22.4 Å². The highest BCUT2D eigenvalue weighted by Gasteiger charge is 2.12. The van der Waals surface area contributed by atoms with E-state index in [9.17, 15) is 9.59 Å². The summed E-state index contributed by atoms with van der Waals surface area (Å²) in [4.78, 5) is 22.3. The fourth-order valence-electron chi connectivity index (χ4n) is 2.50. The lowest BCUT2D eigenvalue weighted by molar-refractivity contribution is -0.122. The van der Waals surface area contributed by atoms with Crippen LogP contribution in [0, 0.1) is 0 Å². The molecular weight excluding hydrogens is 302 g/mol. The van der Waals surface area contributed by atoms with E-state index in [1.807, 2.05) is 48.5 Å². The maximum absolute atomic E-state index is 11.5. The smallest absolute Gasteiger partial charge is 0.237 e. The standard InChI is InChI=1S/C19H23N3O2/c1-22-19(24)17(20)12-14-4-9-16(10-5-14)15-7-2-13(3-8-15)6-11-18(21)23/h2-5,7-10,17H,6,11-12,20H2,1H3,(H2,21,23)(H,22,24)/t17-/m0/s1. The number of hydrogen-bond acceptors (Lipinski definition) is 3. The molecule has 2 aromatic rings. The predicted octanol–water partition coefficient (Wildman–Crippen LogP) is 1.39. The second-order valence-corrected chi connectivity index (χ2v) is 5.79. The van der Waals surface area contributed by atoms with Crippen LogP contribution in [-0.4, -0.2) is 24.9 Å². The van der Waals surface area contributed by atoms with Gasteiger partial charge in [-0.05, 0) is 35.1 Å². The van der Waals surface area contributed by atoms with Crippen LogP contribution in [0.5, 0.6) is 0 Å². The summed E-state index contributed by atoms with van der Waals surface area (Å²) in [5, 5.41) is 2.55. The van der Waals surface area contributed by atoms with E-state index < -0.39 is 6.04 Å². The van der Waals surface area contributed by atoms with E-state index in [0.29, 0.717) is 19.3 Å². The molecule has 5 nitrogen and oxygen atoms in total. The summed E-state index contributed by atoms with van der Waals surface area (Å²) < 4.78 is 0. The monoisotopic (exact) mass is 325 g/mol. The van der Waals surface area contributed by atoms with Crippen molar-refractivity contribution < 1.29 is 9.59 Å². The van der Waals surface area contributed by atoms with Gasteiger partial charge in [0.25, 0.3) is 0 Å². The second kappa shape index (κ2) is 8.26. The molecular formula is C19H23N3O2.